The lowest BCUT2D eigenvalue weighted by Gasteiger charge is -1.95. The van der Waals surface area contributed by atoms with Crippen molar-refractivity contribution in [1.29, 1.82) is 0 Å². The van der Waals surface area contributed by atoms with Crippen molar-refractivity contribution in [3.05, 3.63) is 17.8 Å². The monoisotopic (exact) mass is 165 g/mol. The zero-order chi connectivity index (χ0) is 8.97. The molecule has 0 aliphatic rings. The lowest BCUT2D eigenvalue weighted by molar-refractivity contribution is 0.771. The van der Waals surface area contributed by atoms with E-state index in [0.29, 0.717) is 0 Å². The summed E-state index contributed by atoms with van der Waals surface area (Å²) in [4.78, 5) is 0. The molecule has 1 aromatic rings. The predicted octanol–water partition coefficient (Wildman–Crippen LogP) is 1.88. The Morgan fingerprint density at radius 2 is 2.42 bits per heavy atom. The summed E-state index contributed by atoms with van der Waals surface area (Å²) in [5.41, 5.74) is 1.00. The maximum absolute atomic E-state index is 4.29. The minimum absolute atomic E-state index is 1.00. The van der Waals surface area contributed by atoms with Crippen LogP contribution in [0.3, 0.4) is 0 Å². The number of aromatic nitrogens is 2. The maximum Gasteiger partial charge on any atom is 0.124 e. The Morgan fingerprint density at radius 3 is 2.92 bits per heavy atom. The number of hydrogen-bond donors (Lipinski definition) is 1. The highest BCUT2D eigenvalue weighted by Crippen LogP contribution is 2.09. The highest BCUT2D eigenvalue weighted by molar-refractivity contribution is 5.50. The minimum atomic E-state index is 1.00. The molecule has 1 heterocycles. The first-order valence-electron chi connectivity index (χ1n) is 4.16. The average molecular weight is 165 g/mol. The molecule has 0 bridgehead atoms. The highest BCUT2D eigenvalue weighted by atomic mass is 15.3. The fourth-order valence-electron chi connectivity index (χ4n) is 1.04. The summed E-state index contributed by atoms with van der Waals surface area (Å²) in [6, 6.07) is 2.02. The molecular weight excluding hydrogens is 150 g/mol. The highest BCUT2D eigenvalue weighted by Gasteiger charge is 1.98. The van der Waals surface area contributed by atoms with Crippen LogP contribution < -0.4 is 5.32 Å². The topological polar surface area (TPSA) is 29.9 Å². The molecule has 0 unspecified atom stereocenters. The second-order valence-electron chi connectivity index (χ2n) is 2.64. The summed E-state index contributed by atoms with van der Waals surface area (Å²) < 4.78 is 1.83. The van der Waals surface area contributed by atoms with Crippen molar-refractivity contribution in [2.75, 3.05) is 12.4 Å². The van der Waals surface area contributed by atoms with E-state index in [1.807, 2.05) is 30.9 Å². The number of rotatable bonds is 3. The van der Waals surface area contributed by atoms with Crippen LogP contribution in [-0.4, -0.2) is 16.8 Å². The normalized spacial score (nSPS) is 10.9. The Balaban J connectivity index is 2.82. The molecule has 0 spiro atoms. The first kappa shape index (κ1) is 8.84. The summed E-state index contributed by atoms with van der Waals surface area (Å²) in [7, 11) is 3.82. The number of nitrogens with zero attached hydrogens (tertiary/aromatic N) is 2. The Labute approximate surface area is 73.1 Å². The zero-order valence-electron chi connectivity index (χ0n) is 7.83. The van der Waals surface area contributed by atoms with Crippen LogP contribution in [0.15, 0.2) is 12.1 Å². The van der Waals surface area contributed by atoms with Gasteiger partial charge in [-0.2, -0.15) is 5.10 Å². The van der Waals surface area contributed by atoms with Crippen molar-refractivity contribution in [2.24, 2.45) is 7.05 Å². The van der Waals surface area contributed by atoms with E-state index in [4.69, 9.17) is 0 Å². The van der Waals surface area contributed by atoms with Gasteiger partial charge in [0, 0.05) is 20.2 Å². The molecule has 0 aromatic carbocycles. The summed E-state index contributed by atoms with van der Waals surface area (Å²) in [5.74, 6) is 1.03. The van der Waals surface area contributed by atoms with Crippen molar-refractivity contribution in [3.63, 3.8) is 0 Å². The number of nitrogens with one attached hydrogen (secondary N) is 1. The van der Waals surface area contributed by atoms with E-state index in [0.717, 1.165) is 17.9 Å². The third-order valence-corrected chi connectivity index (χ3v) is 1.68. The van der Waals surface area contributed by atoms with E-state index in [9.17, 15) is 0 Å². The van der Waals surface area contributed by atoms with E-state index in [-0.39, 0.29) is 0 Å². The Hall–Kier alpha value is -1.25. The first-order valence-corrected chi connectivity index (χ1v) is 4.16. The Kier molecular flexibility index (Phi) is 2.91. The number of aryl methyl sites for hydroxylation is 1. The van der Waals surface area contributed by atoms with Crippen molar-refractivity contribution in [2.45, 2.75) is 13.3 Å². The Morgan fingerprint density at radius 1 is 1.67 bits per heavy atom. The van der Waals surface area contributed by atoms with Crippen LogP contribution in [0.5, 0.6) is 0 Å². The summed E-state index contributed by atoms with van der Waals surface area (Å²) in [5, 5.41) is 7.34. The second kappa shape index (κ2) is 3.95. The smallest absolute Gasteiger partial charge is 0.124 e. The molecule has 0 saturated heterocycles. The number of hydrogen-bond acceptors (Lipinski definition) is 2. The number of anilines is 1. The average Bonchev–Trinajstić information content (AvgIpc) is 2.43. The molecule has 0 saturated carbocycles. The van der Waals surface area contributed by atoms with Gasteiger partial charge in [0.2, 0.25) is 0 Å². The molecule has 12 heavy (non-hydrogen) atoms. The summed E-state index contributed by atoms with van der Waals surface area (Å²) >= 11 is 0. The van der Waals surface area contributed by atoms with Crippen LogP contribution >= 0.6 is 0 Å². The third-order valence-electron chi connectivity index (χ3n) is 1.68. The minimum Gasteiger partial charge on any atom is -0.373 e. The molecule has 1 N–H and O–H groups in total. The van der Waals surface area contributed by atoms with Gasteiger partial charge in [-0.05, 0) is 12.5 Å². The van der Waals surface area contributed by atoms with Crippen LogP contribution in [0, 0.1) is 0 Å². The second-order valence-corrected chi connectivity index (χ2v) is 2.64. The van der Waals surface area contributed by atoms with Crippen LogP contribution in [0.2, 0.25) is 0 Å². The molecule has 1 rings (SSSR count). The van der Waals surface area contributed by atoms with Crippen molar-refractivity contribution in [1.82, 2.24) is 9.78 Å². The molecule has 0 atom stereocenters. The van der Waals surface area contributed by atoms with E-state index in [2.05, 4.69) is 23.4 Å². The van der Waals surface area contributed by atoms with Gasteiger partial charge < -0.3 is 5.32 Å². The van der Waals surface area contributed by atoms with E-state index < -0.39 is 0 Å². The molecule has 0 fully saturated rings. The van der Waals surface area contributed by atoms with E-state index >= 15 is 0 Å². The van der Waals surface area contributed by atoms with Crippen LogP contribution in [0.4, 0.5) is 5.82 Å². The van der Waals surface area contributed by atoms with Gasteiger partial charge in [0.05, 0.1) is 5.69 Å². The van der Waals surface area contributed by atoms with Gasteiger partial charge in [-0.1, -0.05) is 13.0 Å². The van der Waals surface area contributed by atoms with Crippen LogP contribution in [-0.2, 0) is 7.05 Å². The fourth-order valence-corrected chi connectivity index (χ4v) is 1.04. The molecule has 0 radical (unpaired) electrons. The van der Waals surface area contributed by atoms with Gasteiger partial charge in [-0.3, -0.25) is 4.68 Å². The van der Waals surface area contributed by atoms with Crippen molar-refractivity contribution in [3.8, 4) is 0 Å². The zero-order valence-corrected chi connectivity index (χ0v) is 7.83. The lowest BCUT2D eigenvalue weighted by Crippen LogP contribution is -1.97. The first-order chi connectivity index (χ1) is 5.77. The van der Waals surface area contributed by atoms with Gasteiger partial charge in [0.15, 0.2) is 0 Å². The Bertz CT molecular complexity index is 273. The molecule has 1 aromatic heterocycles. The molecule has 0 aliphatic heterocycles. The molecule has 0 amide bonds. The quantitative estimate of drug-likeness (QED) is 0.741. The van der Waals surface area contributed by atoms with Crippen LogP contribution in [0.25, 0.3) is 6.08 Å². The van der Waals surface area contributed by atoms with E-state index in [1.54, 1.807) is 0 Å². The van der Waals surface area contributed by atoms with Gasteiger partial charge in [0.1, 0.15) is 5.82 Å². The molecule has 3 nitrogen and oxygen atoms in total. The molecule has 3 heteroatoms. The van der Waals surface area contributed by atoms with Gasteiger partial charge in [-0.15, -0.1) is 0 Å². The summed E-state index contributed by atoms with van der Waals surface area (Å²) in [6.07, 6.45) is 5.17. The van der Waals surface area contributed by atoms with Gasteiger partial charge in [-0.25, -0.2) is 0 Å². The summed E-state index contributed by atoms with van der Waals surface area (Å²) in [6.45, 7) is 2.11. The lowest BCUT2D eigenvalue weighted by atomic mass is 10.3. The van der Waals surface area contributed by atoms with E-state index in [1.165, 1.54) is 0 Å². The van der Waals surface area contributed by atoms with Gasteiger partial charge in [0.25, 0.3) is 0 Å². The van der Waals surface area contributed by atoms with Gasteiger partial charge >= 0.3 is 0 Å². The largest absolute Gasteiger partial charge is 0.373 e. The molecular formula is C9H15N3. The molecule has 66 valence electrons. The molecule has 0 aliphatic carbocycles. The third kappa shape index (κ3) is 1.87. The van der Waals surface area contributed by atoms with Crippen molar-refractivity contribution < 1.29 is 0 Å². The maximum atomic E-state index is 4.29. The van der Waals surface area contributed by atoms with Crippen LogP contribution in [0.1, 0.15) is 19.0 Å². The fraction of sp³-hybridized carbons (Fsp3) is 0.444. The number of allylic oxidation sites excluding steroid dienone is 1. The SMILES string of the molecule is CC/C=C/c1cc(NC)n(C)n1. The predicted molar refractivity (Wildman–Crippen MR) is 52.1 cm³/mol. The standard InChI is InChI=1S/C9H15N3/c1-4-5-6-8-7-9(10-2)12(3)11-8/h5-7,10H,4H2,1-3H3/b6-5+. The van der Waals surface area contributed by atoms with Crippen molar-refractivity contribution >= 4 is 11.9 Å².